The van der Waals surface area contributed by atoms with Crippen LogP contribution in [-0.2, 0) is 17.9 Å². The third-order valence-electron chi connectivity index (χ3n) is 7.46. The largest absolute Gasteiger partial charge is 0.348 e. The third kappa shape index (κ3) is 5.99. The maximum atomic E-state index is 13.7. The molecule has 2 amide bonds. The van der Waals surface area contributed by atoms with E-state index >= 15 is 0 Å². The summed E-state index contributed by atoms with van der Waals surface area (Å²) in [5.41, 5.74) is 6.27. The Morgan fingerprint density at radius 3 is 2.46 bits per heavy atom. The number of thioether (sulfide) groups is 1. The van der Waals surface area contributed by atoms with Gasteiger partial charge in [-0.05, 0) is 67.2 Å². The molecule has 3 aromatic carbocycles. The van der Waals surface area contributed by atoms with Crippen LogP contribution in [0.4, 0.5) is 0 Å². The van der Waals surface area contributed by atoms with Gasteiger partial charge in [-0.1, -0.05) is 79.1 Å². The number of nitrogens with zero attached hydrogens (tertiary/aromatic N) is 1. The average Bonchev–Trinajstić information content (AvgIpc) is 2.92. The van der Waals surface area contributed by atoms with E-state index < -0.39 is 0 Å². The highest BCUT2D eigenvalue weighted by molar-refractivity contribution is 8.04. The Hall–Kier alpha value is -3.31. The number of carbonyl (C=O) groups excluding carboxylic acids is 2. The number of benzene rings is 3. The van der Waals surface area contributed by atoms with Gasteiger partial charge in [0.2, 0.25) is 0 Å². The third-order valence-corrected chi connectivity index (χ3v) is 8.86. The quantitative estimate of drug-likeness (QED) is 0.377. The molecular formula is C32H34N2O2S. The molecule has 4 nitrogen and oxygen atoms in total. The lowest BCUT2D eigenvalue weighted by Gasteiger charge is -2.44. The number of amides is 2. The van der Waals surface area contributed by atoms with Crippen LogP contribution in [0.25, 0.3) is 6.08 Å². The van der Waals surface area contributed by atoms with Gasteiger partial charge < -0.3 is 10.2 Å². The SMILES string of the molecule is Cc1ccc(CNC(=O)c2ccc(/C=C3/SC4CCCCC4N(Cc4ccccc4C)C3=O)cc2)cc1. The highest BCUT2D eigenvalue weighted by atomic mass is 32.2. The van der Waals surface area contributed by atoms with Crippen molar-refractivity contribution in [2.75, 3.05) is 0 Å². The van der Waals surface area contributed by atoms with Crippen molar-refractivity contribution in [2.45, 2.75) is 63.9 Å². The van der Waals surface area contributed by atoms with Crippen molar-refractivity contribution in [3.05, 3.63) is 111 Å². The number of hydrogen-bond donors (Lipinski definition) is 1. The Morgan fingerprint density at radius 1 is 0.973 bits per heavy atom. The second kappa shape index (κ2) is 11.4. The molecule has 1 saturated carbocycles. The minimum Gasteiger partial charge on any atom is -0.348 e. The summed E-state index contributed by atoms with van der Waals surface area (Å²) in [7, 11) is 0. The van der Waals surface area contributed by atoms with E-state index in [9.17, 15) is 9.59 Å². The summed E-state index contributed by atoms with van der Waals surface area (Å²) in [6.07, 6.45) is 6.63. The number of nitrogens with one attached hydrogen (secondary N) is 1. The Kier molecular flexibility index (Phi) is 7.80. The highest BCUT2D eigenvalue weighted by Crippen LogP contribution is 2.42. The molecule has 2 unspecified atom stereocenters. The van der Waals surface area contributed by atoms with Crippen molar-refractivity contribution in [3.63, 3.8) is 0 Å². The summed E-state index contributed by atoms with van der Waals surface area (Å²) in [5.74, 6) is 0.0219. The smallest absolute Gasteiger partial charge is 0.260 e. The van der Waals surface area contributed by atoms with Gasteiger partial charge in [-0.3, -0.25) is 9.59 Å². The van der Waals surface area contributed by atoms with Gasteiger partial charge in [0.25, 0.3) is 11.8 Å². The van der Waals surface area contributed by atoms with Crippen molar-refractivity contribution >= 4 is 29.7 Å². The number of rotatable bonds is 6. The molecule has 0 aromatic heterocycles. The predicted molar refractivity (Wildman–Crippen MR) is 152 cm³/mol. The van der Waals surface area contributed by atoms with Crippen LogP contribution >= 0.6 is 11.8 Å². The molecule has 1 saturated heterocycles. The molecule has 0 spiro atoms. The maximum Gasteiger partial charge on any atom is 0.260 e. The van der Waals surface area contributed by atoms with Gasteiger partial charge in [0, 0.05) is 29.9 Å². The Balaban J connectivity index is 1.30. The fourth-order valence-corrected chi connectivity index (χ4v) is 6.68. The van der Waals surface area contributed by atoms with Gasteiger partial charge in [0.1, 0.15) is 0 Å². The van der Waals surface area contributed by atoms with Gasteiger partial charge in [-0.15, -0.1) is 11.8 Å². The zero-order chi connectivity index (χ0) is 25.8. The summed E-state index contributed by atoms with van der Waals surface area (Å²) >= 11 is 1.74. The first-order valence-electron chi connectivity index (χ1n) is 13.2. The lowest BCUT2D eigenvalue weighted by Crippen LogP contribution is -2.50. The predicted octanol–water partition coefficient (Wildman–Crippen LogP) is 6.66. The minimum absolute atomic E-state index is 0.0997. The monoisotopic (exact) mass is 510 g/mol. The van der Waals surface area contributed by atoms with E-state index in [1.165, 1.54) is 29.5 Å². The zero-order valence-electron chi connectivity index (χ0n) is 21.6. The van der Waals surface area contributed by atoms with Crippen molar-refractivity contribution in [1.29, 1.82) is 0 Å². The molecule has 2 aliphatic rings. The van der Waals surface area contributed by atoms with Crippen LogP contribution in [0.15, 0.2) is 77.7 Å². The molecule has 1 aliphatic carbocycles. The molecular weight excluding hydrogens is 476 g/mol. The summed E-state index contributed by atoms with van der Waals surface area (Å²) < 4.78 is 0. The Morgan fingerprint density at radius 2 is 1.70 bits per heavy atom. The van der Waals surface area contributed by atoms with Crippen LogP contribution in [0.1, 0.15) is 63.9 Å². The van der Waals surface area contributed by atoms with E-state index in [0.717, 1.165) is 28.9 Å². The van der Waals surface area contributed by atoms with Gasteiger partial charge in [-0.2, -0.15) is 0 Å². The van der Waals surface area contributed by atoms with E-state index in [4.69, 9.17) is 0 Å². The molecule has 1 aliphatic heterocycles. The van der Waals surface area contributed by atoms with Gasteiger partial charge in [0.15, 0.2) is 0 Å². The second-order valence-electron chi connectivity index (χ2n) is 10.2. The molecule has 190 valence electrons. The molecule has 3 aromatic rings. The van der Waals surface area contributed by atoms with E-state index in [2.05, 4.69) is 35.3 Å². The number of fused-ring (bicyclic) bond motifs is 1. The molecule has 0 radical (unpaired) electrons. The fraction of sp³-hybridized carbons (Fsp3) is 0.312. The van der Waals surface area contributed by atoms with Crippen LogP contribution in [0.3, 0.4) is 0 Å². The minimum atomic E-state index is -0.0997. The normalized spacial score (nSPS) is 20.5. The molecule has 1 N–H and O–H groups in total. The van der Waals surface area contributed by atoms with E-state index in [0.29, 0.717) is 29.9 Å². The van der Waals surface area contributed by atoms with Crippen LogP contribution in [0.2, 0.25) is 0 Å². The number of carbonyl (C=O) groups is 2. The summed E-state index contributed by atoms with van der Waals surface area (Å²) in [6.45, 7) is 5.32. The molecule has 5 heteroatoms. The first-order valence-corrected chi connectivity index (χ1v) is 14.0. The second-order valence-corrected chi connectivity index (χ2v) is 11.4. The highest BCUT2D eigenvalue weighted by Gasteiger charge is 2.40. The van der Waals surface area contributed by atoms with Crippen LogP contribution < -0.4 is 5.32 Å². The van der Waals surface area contributed by atoms with E-state index in [1.807, 2.05) is 67.6 Å². The molecule has 37 heavy (non-hydrogen) atoms. The number of aryl methyl sites for hydroxylation is 2. The first kappa shape index (κ1) is 25.3. The molecule has 5 rings (SSSR count). The maximum absolute atomic E-state index is 13.7. The Labute approximate surface area is 224 Å². The van der Waals surface area contributed by atoms with Gasteiger partial charge in [0.05, 0.1) is 4.91 Å². The van der Waals surface area contributed by atoms with Crippen LogP contribution in [-0.4, -0.2) is 28.0 Å². The molecule has 1 heterocycles. The van der Waals surface area contributed by atoms with Crippen molar-refractivity contribution in [3.8, 4) is 0 Å². The molecule has 0 bridgehead atoms. The summed E-state index contributed by atoms with van der Waals surface area (Å²) in [6, 6.07) is 24.3. The summed E-state index contributed by atoms with van der Waals surface area (Å²) in [4.78, 5) is 29.2. The van der Waals surface area contributed by atoms with Crippen molar-refractivity contribution < 1.29 is 9.59 Å². The van der Waals surface area contributed by atoms with Crippen LogP contribution in [0, 0.1) is 13.8 Å². The van der Waals surface area contributed by atoms with Crippen LogP contribution in [0.5, 0.6) is 0 Å². The average molecular weight is 511 g/mol. The fourth-order valence-electron chi connectivity index (χ4n) is 5.21. The lowest BCUT2D eigenvalue weighted by atomic mass is 9.92. The van der Waals surface area contributed by atoms with Gasteiger partial charge in [-0.25, -0.2) is 0 Å². The lowest BCUT2D eigenvalue weighted by molar-refractivity contribution is -0.130. The molecule has 2 atom stereocenters. The molecule has 2 fully saturated rings. The Bertz CT molecular complexity index is 1300. The van der Waals surface area contributed by atoms with Crippen molar-refractivity contribution in [1.82, 2.24) is 10.2 Å². The topological polar surface area (TPSA) is 49.4 Å². The summed E-state index contributed by atoms with van der Waals surface area (Å²) in [5, 5.41) is 3.43. The van der Waals surface area contributed by atoms with E-state index in [-0.39, 0.29) is 11.8 Å². The first-order chi connectivity index (χ1) is 18.0. The standard InChI is InChI=1S/C32H34N2O2S/c1-22-11-13-25(14-12-22)20-33-31(35)26-17-15-24(16-18-26)19-30-32(36)34(21-27-8-4-3-7-23(27)2)28-9-5-6-10-29(28)37-30/h3-4,7-8,11-19,28-29H,5-6,9-10,20-21H2,1-2H3,(H,33,35)/b30-19+. The number of hydrogen-bond acceptors (Lipinski definition) is 3. The zero-order valence-corrected chi connectivity index (χ0v) is 22.4. The van der Waals surface area contributed by atoms with Crippen molar-refractivity contribution in [2.24, 2.45) is 0 Å². The van der Waals surface area contributed by atoms with E-state index in [1.54, 1.807) is 11.8 Å². The van der Waals surface area contributed by atoms with Gasteiger partial charge >= 0.3 is 0 Å².